The maximum Gasteiger partial charge on any atom is 0.339 e. The maximum atomic E-state index is 11.4. The predicted molar refractivity (Wildman–Crippen MR) is 135 cm³/mol. The Morgan fingerprint density at radius 1 is 0.972 bits per heavy atom. The van der Waals surface area contributed by atoms with Gasteiger partial charge in [0.15, 0.2) is 0 Å². The van der Waals surface area contributed by atoms with Gasteiger partial charge in [-0.3, -0.25) is 0 Å². The molecule has 4 aromatic rings. The van der Waals surface area contributed by atoms with Gasteiger partial charge in [0.25, 0.3) is 0 Å². The van der Waals surface area contributed by atoms with Crippen LogP contribution in [0.2, 0.25) is 0 Å². The SMILES string of the molecule is CCOC(CCOc1ccccc1C(=O)O)c1ccc(OCc2nc(-c3ccccc3)oc2C)cc1. The highest BCUT2D eigenvalue weighted by molar-refractivity contribution is 5.90. The summed E-state index contributed by atoms with van der Waals surface area (Å²) in [5, 5.41) is 9.32. The number of carboxylic acid groups (broad SMARTS) is 1. The first kappa shape index (κ1) is 25.0. The average molecular weight is 488 g/mol. The smallest absolute Gasteiger partial charge is 0.339 e. The second kappa shape index (κ2) is 12.0. The summed E-state index contributed by atoms with van der Waals surface area (Å²) in [5.74, 6) is 1.35. The van der Waals surface area contributed by atoms with E-state index in [0.29, 0.717) is 43.6 Å². The van der Waals surface area contributed by atoms with E-state index in [2.05, 4.69) is 4.98 Å². The molecule has 0 fully saturated rings. The molecule has 0 bridgehead atoms. The molecule has 1 heterocycles. The molecular weight excluding hydrogens is 458 g/mol. The van der Waals surface area contributed by atoms with Gasteiger partial charge < -0.3 is 23.7 Å². The number of para-hydroxylation sites is 1. The summed E-state index contributed by atoms with van der Waals surface area (Å²) in [6.45, 7) is 4.99. The number of hydrogen-bond donors (Lipinski definition) is 1. The summed E-state index contributed by atoms with van der Waals surface area (Å²) >= 11 is 0. The van der Waals surface area contributed by atoms with Crippen molar-refractivity contribution in [3.8, 4) is 23.0 Å². The molecule has 7 nitrogen and oxygen atoms in total. The molecule has 0 amide bonds. The molecule has 4 rings (SSSR count). The van der Waals surface area contributed by atoms with Gasteiger partial charge >= 0.3 is 5.97 Å². The number of aromatic nitrogens is 1. The van der Waals surface area contributed by atoms with Crippen molar-refractivity contribution in [3.63, 3.8) is 0 Å². The number of ether oxygens (including phenoxy) is 3. The lowest BCUT2D eigenvalue weighted by Crippen LogP contribution is -2.11. The quantitative estimate of drug-likeness (QED) is 0.245. The van der Waals surface area contributed by atoms with Gasteiger partial charge in [-0.1, -0.05) is 42.5 Å². The van der Waals surface area contributed by atoms with Crippen LogP contribution in [0.25, 0.3) is 11.5 Å². The Balaban J connectivity index is 1.35. The minimum Gasteiger partial charge on any atom is -0.493 e. The Hall–Kier alpha value is -4.10. The molecule has 0 spiro atoms. The summed E-state index contributed by atoms with van der Waals surface area (Å²) < 4.78 is 23.4. The molecule has 7 heteroatoms. The number of carboxylic acids is 1. The van der Waals surface area contributed by atoms with Crippen LogP contribution in [0.1, 0.15) is 46.8 Å². The first-order valence-electron chi connectivity index (χ1n) is 11.9. The summed E-state index contributed by atoms with van der Waals surface area (Å²) in [6, 6.07) is 24.1. The third kappa shape index (κ3) is 6.31. The Kier molecular flexibility index (Phi) is 8.36. The predicted octanol–water partition coefficient (Wildman–Crippen LogP) is 6.47. The van der Waals surface area contributed by atoms with Crippen molar-refractivity contribution in [1.29, 1.82) is 0 Å². The van der Waals surface area contributed by atoms with Gasteiger partial charge in [0.1, 0.15) is 35.1 Å². The molecule has 186 valence electrons. The first-order chi connectivity index (χ1) is 17.5. The van der Waals surface area contributed by atoms with E-state index in [0.717, 1.165) is 22.6 Å². The minimum atomic E-state index is -1.01. The molecular formula is C29H29NO6. The first-order valence-corrected chi connectivity index (χ1v) is 11.9. The van der Waals surface area contributed by atoms with E-state index < -0.39 is 5.97 Å². The molecule has 36 heavy (non-hydrogen) atoms. The lowest BCUT2D eigenvalue weighted by molar-refractivity contribution is 0.0455. The lowest BCUT2D eigenvalue weighted by atomic mass is 10.1. The number of hydrogen-bond acceptors (Lipinski definition) is 6. The van der Waals surface area contributed by atoms with Crippen molar-refractivity contribution >= 4 is 5.97 Å². The van der Waals surface area contributed by atoms with Crippen LogP contribution in [0.15, 0.2) is 83.3 Å². The van der Waals surface area contributed by atoms with Crippen molar-refractivity contribution in [2.24, 2.45) is 0 Å². The minimum absolute atomic E-state index is 0.144. The van der Waals surface area contributed by atoms with Crippen LogP contribution in [0.4, 0.5) is 0 Å². The fourth-order valence-electron chi connectivity index (χ4n) is 3.79. The highest BCUT2D eigenvalue weighted by Gasteiger charge is 2.15. The van der Waals surface area contributed by atoms with Crippen molar-refractivity contribution in [1.82, 2.24) is 4.98 Å². The van der Waals surface area contributed by atoms with Crippen molar-refractivity contribution in [3.05, 3.63) is 101 Å². The second-order valence-electron chi connectivity index (χ2n) is 8.13. The van der Waals surface area contributed by atoms with Crippen molar-refractivity contribution in [2.75, 3.05) is 13.2 Å². The number of nitrogens with zero attached hydrogens (tertiary/aromatic N) is 1. The molecule has 0 radical (unpaired) electrons. The number of rotatable bonds is 12. The van der Waals surface area contributed by atoms with E-state index in [9.17, 15) is 9.90 Å². The zero-order chi connectivity index (χ0) is 25.3. The van der Waals surface area contributed by atoms with E-state index in [-0.39, 0.29) is 11.7 Å². The highest BCUT2D eigenvalue weighted by atomic mass is 16.5. The Labute approximate surface area is 210 Å². The number of aryl methyl sites for hydroxylation is 1. The average Bonchev–Trinajstić information content (AvgIpc) is 3.28. The third-order valence-electron chi connectivity index (χ3n) is 5.66. The summed E-state index contributed by atoms with van der Waals surface area (Å²) in [5.41, 5.74) is 2.81. The lowest BCUT2D eigenvalue weighted by Gasteiger charge is -2.18. The van der Waals surface area contributed by atoms with Crippen LogP contribution < -0.4 is 9.47 Å². The van der Waals surface area contributed by atoms with Gasteiger partial charge in [0, 0.05) is 18.6 Å². The van der Waals surface area contributed by atoms with Crippen LogP contribution in [0.3, 0.4) is 0 Å². The Morgan fingerprint density at radius 2 is 1.69 bits per heavy atom. The van der Waals surface area contributed by atoms with E-state index >= 15 is 0 Å². The second-order valence-corrected chi connectivity index (χ2v) is 8.13. The molecule has 0 saturated heterocycles. The standard InChI is InChI=1S/C29H29NO6/c1-3-33-26(17-18-34-27-12-8-7-11-24(27)29(31)32)21-13-15-23(16-14-21)35-19-25-20(2)36-28(30-25)22-9-5-4-6-10-22/h4-16,26H,3,17-19H2,1-2H3,(H,31,32). The topological polar surface area (TPSA) is 91.0 Å². The molecule has 0 aliphatic heterocycles. The molecule has 1 atom stereocenters. The summed E-state index contributed by atoms with van der Waals surface area (Å²) in [4.78, 5) is 16.0. The highest BCUT2D eigenvalue weighted by Crippen LogP contribution is 2.27. The number of benzene rings is 3. The number of oxazole rings is 1. The normalized spacial score (nSPS) is 11.7. The molecule has 1 unspecified atom stereocenters. The molecule has 3 aromatic carbocycles. The summed E-state index contributed by atoms with van der Waals surface area (Å²) in [7, 11) is 0. The van der Waals surface area contributed by atoms with E-state index in [1.807, 2.05) is 68.4 Å². The van der Waals surface area contributed by atoms with Gasteiger partial charge in [-0.15, -0.1) is 0 Å². The van der Waals surface area contributed by atoms with Crippen molar-refractivity contribution < 1.29 is 28.5 Å². The molecule has 0 aliphatic carbocycles. The van der Waals surface area contributed by atoms with Gasteiger partial charge in [0.05, 0.1) is 12.7 Å². The van der Waals surface area contributed by atoms with Crippen LogP contribution in [0, 0.1) is 6.92 Å². The maximum absolute atomic E-state index is 11.4. The third-order valence-corrected chi connectivity index (χ3v) is 5.66. The fourth-order valence-corrected chi connectivity index (χ4v) is 3.79. The van der Waals surface area contributed by atoms with Gasteiger partial charge in [0.2, 0.25) is 5.89 Å². The Bertz CT molecular complexity index is 1270. The van der Waals surface area contributed by atoms with Gasteiger partial charge in [-0.2, -0.15) is 0 Å². The van der Waals surface area contributed by atoms with Crippen LogP contribution in [-0.2, 0) is 11.3 Å². The van der Waals surface area contributed by atoms with Crippen LogP contribution in [0.5, 0.6) is 11.5 Å². The number of aromatic carboxylic acids is 1. The van der Waals surface area contributed by atoms with E-state index in [1.165, 1.54) is 6.07 Å². The molecule has 1 aromatic heterocycles. The van der Waals surface area contributed by atoms with E-state index in [1.54, 1.807) is 18.2 Å². The van der Waals surface area contributed by atoms with Gasteiger partial charge in [-0.25, -0.2) is 9.78 Å². The molecule has 0 aliphatic rings. The zero-order valence-corrected chi connectivity index (χ0v) is 20.3. The van der Waals surface area contributed by atoms with Crippen LogP contribution >= 0.6 is 0 Å². The zero-order valence-electron chi connectivity index (χ0n) is 20.3. The summed E-state index contributed by atoms with van der Waals surface area (Å²) in [6.07, 6.45) is 0.384. The van der Waals surface area contributed by atoms with E-state index in [4.69, 9.17) is 18.6 Å². The monoisotopic (exact) mass is 487 g/mol. The largest absolute Gasteiger partial charge is 0.493 e. The molecule has 0 saturated carbocycles. The van der Waals surface area contributed by atoms with Crippen molar-refractivity contribution in [2.45, 2.75) is 33.0 Å². The van der Waals surface area contributed by atoms with Crippen LogP contribution in [-0.4, -0.2) is 29.3 Å². The fraction of sp³-hybridized carbons (Fsp3) is 0.241. The Morgan fingerprint density at radius 3 is 2.42 bits per heavy atom. The molecule has 1 N–H and O–H groups in total. The van der Waals surface area contributed by atoms with Gasteiger partial charge in [-0.05, 0) is 55.8 Å². The number of carbonyl (C=O) groups is 1.